The fourth-order valence-electron chi connectivity index (χ4n) is 2.37. The lowest BCUT2D eigenvalue weighted by molar-refractivity contribution is -0.115. The molecule has 1 aliphatic heterocycles. The number of carbonyl (C=O) groups is 2. The van der Waals surface area contributed by atoms with Crippen LogP contribution < -0.4 is 5.32 Å². The number of ether oxygens (including phenoxy) is 1. The van der Waals surface area contributed by atoms with E-state index in [1.165, 1.54) is 0 Å². The molecule has 3 heterocycles. The van der Waals surface area contributed by atoms with Crippen molar-refractivity contribution in [2.24, 2.45) is 0 Å². The summed E-state index contributed by atoms with van der Waals surface area (Å²) in [5, 5.41) is 2.82. The molecule has 0 spiro atoms. The van der Waals surface area contributed by atoms with Crippen LogP contribution in [0.15, 0.2) is 24.4 Å². The first-order valence-electron chi connectivity index (χ1n) is 7.78. The molecule has 1 saturated heterocycles. The molecule has 2 aromatic rings. The minimum atomic E-state index is -0.164. The van der Waals surface area contributed by atoms with Gasteiger partial charge in [-0.3, -0.25) is 14.6 Å². The molecule has 2 amide bonds. The Kier molecular flexibility index (Phi) is 5.17. The topological polar surface area (TPSA) is 84.4 Å². The van der Waals surface area contributed by atoms with Gasteiger partial charge in [-0.05, 0) is 23.7 Å². The summed E-state index contributed by atoms with van der Waals surface area (Å²) in [5.74, 6) is -0.298. The van der Waals surface area contributed by atoms with E-state index >= 15 is 0 Å². The van der Waals surface area contributed by atoms with Crippen LogP contribution in [-0.4, -0.2) is 52.4 Å². The molecular formula is C16H18N4O3S. The predicted octanol–water partition coefficient (Wildman–Crippen LogP) is 2.03. The Labute approximate surface area is 143 Å². The van der Waals surface area contributed by atoms with E-state index in [4.69, 9.17) is 4.74 Å². The maximum Gasteiger partial charge on any atom is 0.267 e. The van der Waals surface area contributed by atoms with Crippen molar-refractivity contribution in [2.45, 2.75) is 13.3 Å². The van der Waals surface area contributed by atoms with Crippen LogP contribution in [0, 0.1) is 0 Å². The number of nitrogens with zero attached hydrogens (tertiary/aromatic N) is 3. The third-order valence-electron chi connectivity index (χ3n) is 3.68. The smallest absolute Gasteiger partial charge is 0.267 e. The summed E-state index contributed by atoms with van der Waals surface area (Å²) in [5.41, 5.74) is 1.60. The van der Waals surface area contributed by atoms with Crippen LogP contribution in [0.25, 0.3) is 11.4 Å². The van der Waals surface area contributed by atoms with Crippen LogP contribution >= 0.6 is 11.5 Å². The second kappa shape index (κ2) is 7.50. The van der Waals surface area contributed by atoms with Crippen LogP contribution in [0.5, 0.6) is 0 Å². The van der Waals surface area contributed by atoms with Crippen molar-refractivity contribution < 1.29 is 14.3 Å². The highest BCUT2D eigenvalue weighted by molar-refractivity contribution is 7.09. The standard InChI is InChI=1S/C16H18N4O3S/c1-2-12(21)18-14-13(11-5-3-4-6-17-11)19-24-15(14)16(22)20-7-9-23-10-8-20/h3-6H,2,7-10H2,1H3,(H,18,21). The molecule has 1 aliphatic rings. The monoisotopic (exact) mass is 346 g/mol. The zero-order valence-corrected chi connectivity index (χ0v) is 14.1. The van der Waals surface area contributed by atoms with Crippen molar-refractivity contribution in [3.63, 3.8) is 0 Å². The van der Waals surface area contributed by atoms with E-state index in [0.717, 1.165) is 11.5 Å². The average Bonchev–Trinajstić information content (AvgIpc) is 3.05. The van der Waals surface area contributed by atoms with Gasteiger partial charge in [0.2, 0.25) is 5.91 Å². The Morgan fingerprint density at radius 3 is 2.79 bits per heavy atom. The van der Waals surface area contributed by atoms with E-state index in [-0.39, 0.29) is 11.8 Å². The number of hydrogen-bond donors (Lipinski definition) is 1. The van der Waals surface area contributed by atoms with Crippen molar-refractivity contribution in [3.8, 4) is 11.4 Å². The summed E-state index contributed by atoms with van der Waals surface area (Å²) in [4.78, 5) is 31.1. The lowest BCUT2D eigenvalue weighted by Gasteiger charge is -2.26. The summed E-state index contributed by atoms with van der Waals surface area (Å²) in [7, 11) is 0. The number of carbonyl (C=O) groups excluding carboxylic acids is 2. The Hall–Kier alpha value is -2.32. The van der Waals surface area contributed by atoms with Crippen molar-refractivity contribution in [1.82, 2.24) is 14.3 Å². The summed E-state index contributed by atoms with van der Waals surface area (Å²) in [6.07, 6.45) is 1.98. The summed E-state index contributed by atoms with van der Waals surface area (Å²) >= 11 is 1.09. The minimum absolute atomic E-state index is 0.135. The molecule has 2 aromatic heterocycles. The second-order valence-corrected chi connectivity index (χ2v) is 6.03. The molecule has 8 heteroatoms. The van der Waals surface area contributed by atoms with Gasteiger partial charge in [0.05, 0.1) is 24.6 Å². The molecule has 0 saturated carbocycles. The number of anilines is 1. The number of hydrogen-bond acceptors (Lipinski definition) is 6. The first-order valence-corrected chi connectivity index (χ1v) is 8.56. The van der Waals surface area contributed by atoms with Crippen molar-refractivity contribution in [3.05, 3.63) is 29.3 Å². The van der Waals surface area contributed by atoms with Gasteiger partial charge in [0.25, 0.3) is 5.91 Å². The molecule has 3 rings (SSSR count). The zero-order valence-electron chi connectivity index (χ0n) is 13.3. The number of nitrogens with one attached hydrogen (secondary N) is 1. The van der Waals surface area contributed by atoms with Gasteiger partial charge in [0.15, 0.2) is 0 Å². The summed E-state index contributed by atoms with van der Waals surface area (Å²) in [6, 6.07) is 5.45. The molecule has 0 bridgehead atoms. The summed E-state index contributed by atoms with van der Waals surface area (Å²) in [6.45, 7) is 3.88. The fourth-order valence-corrected chi connectivity index (χ4v) is 3.18. The fraction of sp³-hybridized carbons (Fsp3) is 0.375. The third kappa shape index (κ3) is 3.44. The minimum Gasteiger partial charge on any atom is -0.378 e. The van der Waals surface area contributed by atoms with E-state index in [2.05, 4.69) is 14.7 Å². The Balaban J connectivity index is 1.97. The second-order valence-electron chi connectivity index (χ2n) is 5.26. The molecular weight excluding hydrogens is 328 g/mol. The quantitative estimate of drug-likeness (QED) is 0.916. The Bertz CT molecular complexity index is 726. The molecule has 0 aliphatic carbocycles. The first-order chi connectivity index (χ1) is 11.7. The lowest BCUT2D eigenvalue weighted by atomic mass is 10.2. The van der Waals surface area contributed by atoms with Crippen LogP contribution in [-0.2, 0) is 9.53 Å². The van der Waals surface area contributed by atoms with E-state index in [1.54, 1.807) is 30.2 Å². The van der Waals surface area contributed by atoms with Crippen LogP contribution in [0.4, 0.5) is 5.69 Å². The van der Waals surface area contributed by atoms with Crippen LogP contribution in [0.2, 0.25) is 0 Å². The highest BCUT2D eigenvalue weighted by atomic mass is 32.1. The number of pyridine rings is 1. The van der Waals surface area contributed by atoms with Crippen molar-refractivity contribution >= 4 is 29.0 Å². The highest BCUT2D eigenvalue weighted by Crippen LogP contribution is 2.33. The highest BCUT2D eigenvalue weighted by Gasteiger charge is 2.27. The average molecular weight is 346 g/mol. The van der Waals surface area contributed by atoms with Gasteiger partial charge in [-0.25, -0.2) is 0 Å². The molecule has 0 radical (unpaired) electrons. The molecule has 0 unspecified atom stereocenters. The van der Waals surface area contributed by atoms with Gasteiger partial charge in [-0.15, -0.1) is 0 Å². The number of morpholine rings is 1. The van der Waals surface area contributed by atoms with Crippen LogP contribution in [0.3, 0.4) is 0 Å². The maximum atomic E-state index is 12.8. The first kappa shape index (κ1) is 16.5. The van der Waals surface area contributed by atoms with Gasteiger partial charge in [-0.2, -0.15) is 4.37 Å². The molecule has 0 aromatic carbocycles. The van der Waals surface area contributed by atoms with Gasteiger partial charge in [-0.1, -0.05) is 13.0 Å². The van der Waals surface area contributed by atoms with Crippen LogP contribution in [0.1, 0.15) is 23.0 Å². The van der Waals surface area contributed by atoms with Gasteiger partial charge < -0.3 is 15.0 Å². The Morgan fingerprint density at radius 2 is 2.12 bits per heavy atom. The SMILES string of the molecule is CCC(=O)Nc1c(-c2ccccn2)nsc1C(=O)N1CCOCC1. The van der Waals surface area contributed by atoms with Gasteiger partial charge in [0, 0.05) is 25.7 Å². The molecule has 1 N–H and O–H groups in total. The van der Waals surface area contributed by atoms with Crippen molar-refractivity contribution in [1.29, 1.82) is 0 Å². The number of amides is 2. The predicted molar refractivity (Wildman–Crippen MR) is 91.0 cm³/mol. The summed E-state index contributed by atoms with van der Waals surface area (Å²) < 4.78 is 9.66. The normalized spacial score (nSPS) is 14.5. The lowest BCUT2D eigenvalue weighted by Crippen LogP contribution is -2.40. The maximum absolute atomic E-state index is 12.8. The third-order valence-corrected chi connectivity index (χ3v) is 4.51. The molecule has 0 atom stereocenters. The molecule has 24 heavy (non-hydrogen) atoms. The number of rotatable bonds is 4. The number of aromatic nitrogens is 2. The van der Waals surface area contributed by atoms with E-state index in [9.17, 15) is 9.59 Å². The van der Waals surface area contributed by atoms with E-state index in [1.807, 2.05) is 6.07 Å². The zero-order chi connectivity index (χ0) is 16.9. The largest absolute Gasteiger partial charge is 0.378 e. The van der Waals surface area contributed by atoms with E-state index in [0.29, 0.717) is 54.7 Å². The van der Waals surface area contributed by atoms with Gasteiger partial charge >= 0.3 is 0 Å². The molecule has 126 valence electrons. The van der Waals surface area contributed by atoms with E-state index < -0.39 is 0 Å². The molecule has 1 fully saturated rings. The molecule has 7 nitrogen and oxygen atoms in total. The Morgan fingerprint density at radius 1 is 1.33 bits per heavy atom. The van der Waals surface area contributed by atoms with Crippen molar-refractivity contribution in [2.75, 3.05) is 31.6 Å². The van der Waals surface area contributed by atoms with Gasteiger partial charge in [0.1, 0.15) is 10.6 Å².